The summed E-state index contributed by atoms with van der Waals surface area (Å²) in [5.41, 5.74) is 0. The van der Waals surface area contributed by atoms with E-state index in [9.17, 15) is 10.1 Å². The number of nitrogens with one attached hydrogen (secondary N) is 1. The molecule has 0 fully saturated rings. The Morgan fingerprint density at radius 2 is 2.42 bits per heavy atom. The average Bonchev–Trinajstić information content (AvgIpc) is 2.48. The molecule has 0 bridgehead atoms. The van der Waals surface area contributed by atoms with Gasteiger partial charge in [-0.3, -0.25) is 10.1 Å². The summed E-state index contributed by atoms with van der Waals surface area (Å²) in [6.45, 7) is 0.859. The third kappa shape index (κ3) is 2.28. The Bertz CT molecular complexity index is 272. The molecule has 66 valence electrons. The first-order chi connectivity index (χ1) is 5.74. The van der Waals surface area contributed by atoms with E-state index in [0.717, 1.165) is 17.8 Å². The van der Waals surface area contributed by atoms with Crippen molar-refractivity contribution in [1.82, 2.24) is 5.32 Å². The second-order valence-electron chi connectivity index (χ2n) is 2.35. The highest BCUT2D eigenvalue weighted by molar-refractivity contribution is 7.15. The van der Waals surface area contributed by atoms with Crippen molar-refractivity contribution in [2.24, 2.45) is 0 Å². The highest BCUT2D eigenvalue weighted by Crippen LogP contribution is 2.23. The SMILES string of the molecule is CNCCc1ccc([N+](=O)[O-])s1. The lowest BCUT2D eigenvalue weighted by atomic mass is 10.3. The van der Waals surface area contributed by atoms with Crippen molar-refractivity contribution in [3.8, 4) is 0 Å². The Morgan fingerprint density at radius 3 is 2.92 bits per heavy atom. The highest BCUT2D eigenvalue weighted by atomic mass is 32.1. The van der Waals surface area contributed by atoms with E-state index in [1.807, 2.05) is 7.05 Å². The summed E-state index contributed by atoms with van der Waals surface area (Å²) < 4.78 is 0. The van der Waals surface area contributed by atoms with Crippen molar-refractivity contribution < 1.29 is 4.92 Å². The number of hydrogen-bond acceptors (Lipinski definition) is 4. The van der Waals surface area contributed by atoms with Crippen molar-refractivity contribution in [2.75, 3.05) is 13.6 Å². The molecule has 0 radical (unpaired) electrons. The van der Waals surface area contributed by atoms with Gasteiger partial charge in [0, 0.05) is 10.9 Å². The minimum atomic E-state index is -0.354. The lowest BCUT2D eigenvalue weighted by molar-refractivity contribution is -0.380. The predicted octanol–water partition coefficient (Wildman–Crippen LogP) is 1.42. The molecule has 0 aromatic carbocycles. The Kier molecular flexibility index (Phi) is 3.19. The molecule has 0 spiro atoms. The van der Waals surface area contributed by atoms with Crippen molar-refractivity contribution in [3.63, 3.8) is 0 Å². The molecule has 0 saturated heterocycles. The Labute approximate surface area is 74.4 Å². The van der Waals surface area contributed by atoms with Gasteiger partial charge in [-0.15, -0.1) is 0 Å². The third-order valence-electron chi connectivity index (χ3n) is 1.45. The summed E-state index contributed by atoms with van der Waals surface area (Å²) in [6.07, 6.45) is 0.856. The molecule has 1 rings (SSSR count). The van der Waals surface area contributed by atoms with Gasteiger partial charge in [0.15, 0.2) is 0 Å². The summed E-state index contributed by atoms with van der Waals surface area (Å²) in [5.74, 6) is 0. The van der Waals surface area contributed by atoms with Crippen molar-refractivity contribution >= 4 is 16.3 Å². The number of likely N-dealkylation sites (N-methyl/N-ethyl adjacent to an activating group) is 1. The molecule has 1 aromatic rings. The fourth-order valence-electron chi connectivity index (χ4n) is 0.847. The fourth-order valence-corrected chi connectivity index (χ4v) is 1.67. The normalized spacial score (nSPS) is 10.1. The zero-order chi connectivity index (χ0) is 8.97. The molecular formula is C7H10N2O2S. The van der Waals surface area contributed by atoms with Gasteiger partial charge in [0.25, 0.3) is 0 Å². The molecule has 1 heterocycles. The summed E-state index contributed by atoms with van der Waals surface area (Å²) in [6, 6.07) is 3.36. The smallest absolute Gasteiger partial charge is 0.319 e. The largest absolute Gasteiger partial charge is 0.324 e. The minimum absolute atomic E-state index is 0.223. The van der Waals surface area contributed by atoms with Gasteiger partial charge in [0.2, 0.25) is 0 Å². The Hall–Kier alpha value is -0.940. The number of nitro groups is 1. The zero-order valence-electron chi connectivity index (χ0n) is 6.74. The van der Waals surface area contributed by atoms with Crippen molar-refractivity contribution in [3.05, 3.63) is 27.1 Å². The van der Waals surface area contributed by atoms with Crippen molar-refractivity contribution in [2.45, 2.75) is 6.42 Å². The van der Waals surface area contributed by atoms with Crippen LogP contribution < -0.4 is 5.32 Å². The van der Waals surface area contributed by atoms with Gasteiger partial charge in [-0.05, 0) is 26.1 Å². The van der Waals surface area contributed by atoms with Crippen LogP contribution in [0.2, 0.25) is 0 Å². The molecule has 0 aliphatic heterocycles. The van der Waals surface area contributed by atoms with E-state index in [4.69, 9.17) is 0 Å². The standard InChI is InChI=1S/C7H10N2O2S/c1-8-5-4-6-2-3-7(12-6)9(10)11/h2-3,8H,4-5H2,1H3. The molecular weight excluding hydrogens is 176 g/mol. The third-order valence-corrected chi connectivity index (χ3v) is 2.55. The van der Waals surface area contributed by atoms with Gasteiger partial charge < -0.3 is 5.32 Å². The van der Waals surface area contributed by atoms with E-state index in [1.54, 1.807) is 12.1 Å². The molecule has 5 heteroatoms. The van der Waals surface area contributed by atoms with Gasteiger partial charge >= 0.3 is 5.00 Å². The zero-order valence-corrected chi connectivity index (χ0v) is 7.56. The van der Waals surface area contributed by atoms with Crippen LogP contribution in [0.1, 0.15) is 4.88 Å². The fraction of sp³-hybridized carbons (Fsp3) is 0.429. The maximum Gasteiger partial charge on any atom is 0.324 e. The van der Waals surface area contributed by atoms with Gasteiger partial charge in [0.1, 0.15) is 0 Å². The second kappa shape index (κ2) is 4.18. The van der Waals surface area contributed by atoms with Crippen LogP contribution in [0.4, 0.5) is 5.00 Å². The summed E-state index contributed by atoms with van der Waals surface area (Å²) in [4.78, 5) is 11.0. The summed E-state index contributed by atoms with van der Waals surface area (Å²) in [7, 11) is 1.86. The van der Waals surface area contributed by atoms with Gasteiger partial charge in [-0.2, -0.15) is 0 Å². The van der Waals surface area contributed by atoms with Crippen LogP contribution in [0.25, 0.3) is 0 Å². The van der Waals surface area contributed by atoms with Crippen LogP contribution in [0.5, 0.6) is 0 Å². The van der Waals surface area contributed by atoms with E-state index >= 15 is 0 Å². The van der Waals surface area contributed by atoms with Crippen LogP contribution in [0.3, 0.4) is 0 Å². The van der Waals surface area contributed by atoms with Crippen LogP contribution >= 0.6 is 11.3 Å². The average molecular weight is 186 g/mol. The minimum Gasteiger partial charge on any atom is -0.319 e. The predicted molar refractivity (Wildman–Crippen MR) is 48.6 cm³/mol. The molecule has 1 aromatic heterocycles. The molecule has 0 aliphatic carbocycles. The lowest BCUT2D eigenvalue weighted by Gasteiger charge is -1.92. The molecule has 1 N–H and O–H groups in total. The van der Waals surface area contributed by atoms with Crippen LogP contribution in [-0.2, 0) is 6.42 Å². The molecule has 0 amide bonds. The van der Waals surface area contributed by atoms with Gasteiger partial charge in [-0.25, -0.2) is 0 Å². The topological polar surface area (TPSA) is 55.2 Å². The molecule has 12 heavy (non-hydrogen) atoms. The quantitative estimate of drug-likeness (QED) is 0.571. The molecule has 0 atom stereocenters. The first-order valence-electron chi connectivity index (χ1n) is 3.61. The number of rotatable bonds is 4. The molecule has 4 nitrogen and oxygen atoms in total. The Balaban J connectivity index is 2.58. The summed E-state index contributed by atoms with van der Waals surface area (Å²) in [5, 5.41) is 13.5. The van der Waals surface area contributed by atoms with E-state index in [0.29, 0.717) is 0 Å². The van der Waals surface area contributed by atoms with Crippen LogP contribution in [-0.4, -0.2) is 18.5 Å². The first-order valence-corrected chi connectivity index (χ1v) is 4.43. The maximum absolute atomic E-state index is 10.3. The lowest BCUT2D eigenvalue weighted by Crippen LogP contribution is -2.09. The molecule has 0 saturated carbocycles. The highest BCUT2D eigenvalue weighted by Gasteiger charge is 2.08. The maximum atomic E-state index is 10.3. The van der Waals surface area contributed by atoms with Crippen LogP contribution in [0.15, 0.2) is 12.1 Å². The van der Waals surface area contributed by atoms with E-state index in [1.165, 1.54) is 11.3 Å². The van der Waals surface area contributed by atoms with Crippen LogP contribution in [0, 0.1) is 10.1 Å². The number of nitrogens with zero attached hydrogens (tertiary/aromatic N) is 1. The monoisotopic (exact) mass is 186 g/mol. The number of hydrogen-bond donors (Lipinski definition) is 1. The first kappa shape index (κ1) is 9.15. The van der Waals surface area contributed by atoms with E-state index < -0.39 is 0 Å². The molecule has 0 unspecified atom stereocenters. The second-order valence-corrected chi connectivity index (χ2v) is 3.50. The molecule has 0 aliphatic rings. The van der Waals surface area contributed by atoms with E-state index in [-0.39, 0.29) is 9.92 Å². The summed E-state index contributed by atoms with van der Waals surface area (Å²) >= 11 is 1.24. The van der Waals surface area contributed by atoms with Gasteiger partial charge in [0.05, 0.1) is 4.92 Å². The van der Waals surface area contributed by atoms with E-state index in [2.05, 4.69) is 5.32 Å². The number of thiophene rings is 1. The van der Waals surface area contributed by atoms with Crippen molar-refractivity contribution in [1.29, 1.82) is 0 Å². The van der Waals surface area contributed by atoms with Gasteiger partial charge in [-0.1, -0.05) is 11.3 Å². The Morgan fingerprint density at radius 1 is 1.67 bits per heavy atom.